The van der Waals surface area contributed by atoms with Gasteiger partial charge in [-0.25, -0.2) is 0 Å². The second-order valence-electron chi connectivity index (χ2n) is 5.40. The van der Waals surface area contributed by atoms with Gasteiger partial charge in [-0.1, -0.05) is 23.7 Å². The first-order chi connectivity index (χ1) is 11.5. The highest BCUT2D eigenvalue weighted by molar-refractivity contribution is 6.31. The number of halogens is 1. The monoisotopic (exact) mass is 342 g/mol. The van der Waals surface area contributed by atoms with E-state index in [1.54, 1.807) is 24.4 Å². The SMILES string of the molecule is O=C(O)CCc1ccc(N=Cc2c(O)[nH]c3ccc(Cl)cc23)cc1. The Morgan fingerprint density at radius 3 is 2.67 bits per heavy atom. The highest BCUT2D eigenvalue weighted by atomic mass is 35.5. The van der Waals surface area contributed by atoms with Crippen molar-refractivity contribution < 1.29 is 15.0 Å². The molecular formula is C18H15ClN2O3. The van der Waals surface area contributed by atoms with E-state index in [0.717, 1.165) is 16.5 Å². The first kappa shape index (κ1) is 16.1. The van der Waals surface area contributed by atoms with E-state index in [4.69, 9.17) is 16.7 Å². The molecule has 0 aliphatic rings. The Bertz CT molecular complexity index is 914. The number of hydrogen-bond acceptors (Lipinski definition) is 3. The van der Waals surface area contributed by atoms with Gasteiger partial charge in [-0.05, 0) is 42.3 Å². The summed E-state index contributed by atoms with van der Waals surface area (Å²) in [5.74, 6) is -0.778. The van der Waals surface area contributed by atoms with Crippen molar-refractivity contribution in [2.24, 2.45) is 4.99 Å². The lowest BCUT2D eigenvalue weighted by molar-refractivity contribution is -0.136. The second kappa shape index (κ2) is 6.76. The number of H-pyrrole nitrogens is 1. The number of carbonyl (C=O) groups is 1. The minimum Gasteiger partial charge on any atom is -0.494 e. The van der Waals surface area contributed by atoms with Gasteiger partial charge in [-0.15, -0.1) is 0 Å². The quantitative estimate of drug-likeness (QED) is 0.604. The molecule has 3 aromatic rings. The van der Waals surface area contributed by atoms with Crippen molar-refractivity contribution in [2.75, 3.05) is 0 Å². The highest BCUT2D eigenvalue weighted by Gasteiger charge is 2.09. The van der Waals surface area contributed by atoms with E-state index in [0.29, 0.717) is 22.7 Å². The van der Waals surface area contributed by atoms with Crippen molar-refractivity contribution in [3.8, 4) is 5.88 Å². The van der Waals surface area contributed by atoms with Crippen LogP contribution in [0.4, 0.5) is 5.69 Å². The lowest BCUT2D eigenvalue weighted by atomic mass is 10.1. The third-order valence-corrected chi connectivity index (χ3v) is 3.92. The summed E-state index contributed by atoms with van der Waals surface area (Å²) in [4.78, 5) is 17.8. The normalized spacial score (nSPS) is 11.4. The van der Waals surface area contributed by atoms with Crippen LogP contribution in [-0.2, 0) is 11.2 Å². The van der Waals surface area contributed by atoms with Gasteiger partial charge in [0.1, 0.15) is 0 Å². The summed E-state index contributed by atoms with van der Waals surface area (Å²) in [5, 5.41) is 20.1. The molecule has 0 bridgehead atoms. The number of hydrogen-bond donors (Lipinski definition) is 3. The summed E-state index contributed by atoms with van der Waals surface area (Å²) in [6, 6.07) is 12.6. The van der Waals surface area contributed by atoms with Crippen molar-refractivity contribution in [2.45, 2.75) is 12.8 Å². The van der Waals surface area contributed by atoms with Crippen LogP contribution in [0.25, 0.3) is 10.9 Å². The maximum atomic E-state index is 10.6. The molecule has 5 nitrogen and oxygen atoms in total. The third-order valence-electron chi connectivity index (χ3n) is 3.69. The summed E-state index contributed by atoms with van der Waals surface area (Å²) >= 11 is 6.00. The number of aromatic amines is 1. The van der Waals surface area contributed by atoms with Crippen molar-refractivity contribution in [1.82, 2.24) is 4.98 Å². The van der Waals surface area contributed by atoms with Crippen molar-refractivity contribution in [3.05, 3.63) is 58.6 Å². The topological polar surface area (TPSA) is 85.7 Å². The van der Waals surface area contributed by atoms with E-state index >= 15 is 0 Å². The second-order valence-corrected chi connectivity index (χ2v) is 5.83. The number of aliphatic imine (C=N–C) groups is 1. The number of carboxylic acid groups (broad SMARTS) is 1. The Balaban J connectivity index is 1.82. The summed E-state index contributed by atoms with van der Waals surface area (Å²) in [7, 11) is 0. The zero-order valence-corrected chi connectivity index (χ0v) is 13.4. The van der Waals surface area contributed by atoms with E-state index in [9.17, 15) is 9.90 Å². The standard InChI is InChI=1S/C18H15ClN2O3/c19-12-4-7-16-14(9-12)15(18(24)21-16)10-20-13-5-1-11(2-6-13)3-8-17(22)23/h1-2,4-7,9-10,21,24H,3,8H2,(H,22,23). The van der Waals surface area contributed by atoms with E-state index in [1.807, 2.05) is 24.3 Å². The molecule has 0 atom stereocenters. The zero-order valence-electron chi connectivity index (χ0n) is 12.7. The molecule has 0 saturated heterocycles. The molecular weight excluding hydrogens is 328 g/mol. The van der Waals surface area contributed by atoms with Crippen LogP contribution in [0.5, 0.6) is 5.88 Å². The van der Waals surface area contributed by atoms with Gasteiger partial charge in [0.2, 0.25) is 0 Å². The summed E-state index contributed by atoms with van der Waals surface area (Å²) in [6.07, 6.45) is 2.17. The average molecular weight is 343 g/mol. The fraction of sp³-hybridized carbons (Fsp3) is 0.111. The predicted octanol–water partition coefficient (Wildman–Crippen LogP) is 4.29. The molecule has 0 aliphatic heterocycles. The largest absolute Gasteiger partial charge is 0.494 e. The minimum atomic E-state index is -0.814. The molecule has 122 valence electrons. The van der Waals surface area contributed by atoms with E-state index in [2.05, 4.69) is 9.98 Å². The first-order valence-electron chi connectivity index (χ1n) is 7.38. The summed E-state index contributed by atoms with van der Waals surface area (Å²) < 4.78 is 0. The third kappa shape index (κ3) is 3.58. The molecule has 6 heteroatoms. The molecule has 0 amide bonds. The molecule has 0 spiro atoms. The van der Waals surface area contributed by atoms with Crippen molar-refractivity contribution in [1.29, 1.82) is 0 Å². The first-order valence-corrected chi connectivity index (χ1v) is 7.76. The number of aromatic hydroxyl groups is 1. The van der Waals surface area contributed by atoms with Gasteiger partial charge < -0.3 is 15.2 Å². The van der Waals surface area contributed by atoms with Gasteiger partial charge in [-0.3, -0.25) is 9.79 Å². The predicted molar refractivity (Wildman–Crippen MR) is 94.6 cm³/mol. The fourth-order valence-electron chi connectivity index (χ4n) is 2.44. The molecule has 24 heavy (non-hydrogen) atoms. The van der Waals surface area contributed by atoms with Crippen LogP contribution < -0.4 is 0 Å². The van der Waals surface area contributed by atoms with Crippen LogP contribution in [0.2, 0.25) is 5.02 Å². The van der Waals surface area contributed by atoms with E-state index in [-0.39, 0.29) is 12.3 Å². The Morgan fingerprint density at radius 2 is 1.96 bits per heavy atom. The Hall–Kier alpha value is -2.79. The number of nitrogens with zero attached hydrogens (tertiary/aromatic N) is 1. The molecule has 0 unspecified atom stereocenters. The molecule has 1 heterocycles. The highest BCUT2D eigenvalue weighted by Crippen LogP contribution is 2.28. The van der Waals surface area contributed by atoms with Gasteiger partial charge >= 0.3 is 5.97 Å². The summed E-state index contributed by atoms with van der Waals surface area (Å²) in [5.41, 5.74) is 3.01. The molecule has 0 aliphatic carbocycles. The van der Waals surface area contributed by atoms with Crippen LogP contribution in [-0.4, -0.2) is 27.4 Å². The number of aryl methyl sites for hydroxylation is 1. The smallest absolute Gasteiger partial charge is 0.303 e. The molecule has 1 aromatic heterocycles. The number of fused-ring (bicyclic) bond motifs is 1. The van der Waals surface area contributed by atoms with E-state index in [1.165, 1.54) is 0 Å². The average Bonchev–Trinajstić information content (AvgIpc) is 2.86. The van der Waals surface area contributed by atoms with Gasteiger partial charge in [0.25, 0.3) is 0 Å². The van der Waals surface area contributed by atoms with Crippen LogP contribution >= 0.6 is 11.6 Å². The van der Waals surface area contributed by atoms with Crippen LogP contribution in [0, 0.1) is 0 Å². The Morgan fingerprint density at radius 1 is 1.21 bits per heavy atom. The lowest BCUT2D eigenvalue weighted by Gasteiger charge is -1.99. The molecule has 3 rings (SSSR count). The minimum absolute atomic E-state index is 0.0362. The fourth-order valence-corrected chi connectivity index (χ4v) is 2.61. The maximum absolute atomic E-state index is 10.6. The lowest BCUT2D eigenvalue weighted by Crippen LogP contribution is -1.96. The molecule has 0 saturated carbocycles. The van der Waals surface area contributed by atoms with Gasteiger partial charge in [0.15, 0.2) is 5.88 Å². The molecule has 0 radical (unpaired) electrons. The number of aromatic nitrogens is 1. The molecule has 3 N–H and O–H groups in total. The van der Waals surface area contributed by atoms with Crippen molar-refractivity contribution >= 4 is 40.4 Å². The van der Waals surface area contributed by atoms with Gasteiger partial charge in [0, 0.05) is 28.6 Å². The zero-order chi connectivity index (χ0) is 17.1. The molecule has 2 aromatic carbocycles. The number of carboxylic acids is 1. The number of aliphatic carboxylic acids is 1. The van der Waals surface area contributed by atoms with Crippen LogP contribution in [0.3, 0.4) is 0 Å². The number of rotatable bonds is 5. The van der Waals surface area contributed by atoms with Crippen molar-refractivity contribution in [3.63, 3.8) is 0 Å². The Labute approximate surface area is 143 Å². The Kier molecular flexibility index (Phi) is 4.53. The van der Waals surface area contributed by atoms with Crippen LogP contribution in [0.1, 0.15) is 17.5 Å². The van der Waals surface area contributed by atoms with Gasteiger partial charge in [0.05, 0.1) is 11.3 Å². The number of nitrogens with one attached hydrogen (secondary N) is 1. The maximum Gasteiger partial charge on any atom is 0.303 e. The summed E-state index contributed by atoms with van der Waals surface area (Å²) in [6.45, 7) is 0. The van der Waals surface area contributed by atoms with Gasteiger partial charge in [-0.2, -0.15) is 0 Å². The van der Waals surface area contributed by atoms with E-state index < -0.39 is 5.97 Å². The number of benzene rings is 2. The molecule has 0 fully saturated rings. The van der Waals surface area contributed by atoms with Crippen LogP contribution in [0.15, 0.2) is 47.5 Å².